The van der Waals surface area contributed by atoms with E-state index in [-0.39, 0.29) is 30.7 Å². The summed E-state index contributed by atoms with van der Waals surface area (Å²) in [6, 6.07) is 16.7. The normalized spacial score (nSPS) is 13.1. The van der Waals surface area contributed by atoms with Crippen LogP contribution < -0.4 is 10.6 Å². The highest BCUT2D eigenvalue weighted by Gasteiger charge is 2.30. The van der Waals surface area contributed by atoms with E-state index in [1.165, 1.54) is 17.8 Å². The molecule has 0 fully saturated rings. The van der Waals surface area contributed by atoms with Crippen molar-refractivity contribution < 1.29 is 24.2 Å². The Hall–Kier alpha value is -4.14. The molecular formula is C26H28N4O5. The molecule has 3 N–H and O–H groups in total. The van der Waals surface area contributed by atoms with Gasteiger partial charge in [-0.1, -0.05) is 62.4 Å². The number of hydrogen-bond acceptors (Lipinski definition) is 5. The molecule has 1 aliphatic carbocycles. The molecule has 182 valence electrons. The van der Waals surface area contributed by atoms with E-state index in [1.807, 2.05) is 50.2 Å². The number of nitrogens with zero attached hydrogens (tertiary/aromatic N) is 2. The zero-order valence-corrected chi connectivity index (χ0v) is 19.8. The minimum Gasteiger partial charge on any atom is -0.477 e. The quantitative estimate of drug-likeness (QED) is 0.459. The number of rotatable bonds is 8. The molecule has 1 unspecified atom stereocenters. The van der Waals surface area contributed by atoms with E-state index in [0.29, 0.717) is 5.69 Å². The average molecular weight is 477 g/mol. The molecule has 35 heavy (non-hydrogen) atoms. The topological polar surface area (TPSA) is 123 Å². The Morgan fingerprint density at radius 3 is 2.20 bits per heavy atom. The number of fused-ring (bicyclic) bond motifs is 3. The summed E-state index contributed by atoms with van der Waals surface area (Å²) in [5.41, 5.74) is 4.91. The predicted molar refractivity (Wildman–Crippen MR) is 129 cm³/mol. The molecule has 1 aromatic heterocycles. The van der Waals surface area contributed by atoms with Crippen LogP contribution in [0.4, 0.5) is 4.79 Å². The molecule has 4 rings (SSSR count). The summed E-state index contributed by atoms with van der Waals surface area (Å²) in [5, 5.41) is 18.6. The highest BCUT2D eigenvalue weighted by Crippen LogP contribution is 2.44. The Balaban J connectivity index is 1.37. The maximum absolute atomic E-state index is 12.8. The molecule has 0 radical (unpaired) electrons. The van der Waals surface area contributed by atoms with Gasteiger partial charge >= 0.3 is 12.1 Å². The summed E-state index contributed by atoms with van der Waals surface area (Å²) in [6.07, 6.45) is -0.674. The lowest BCUT2D eigenvalue weighted by molar-refractivity contribution is -0.124. The van der Waals surface area contributed by atoms with Gasteiger partial charge in [0.25, 0.3) is 0 Å². The second-order valence-corrected chi connectivity index (χ2v) is 8.86. The number of ether oxygens (including phenoxy) is 1. The van der Waals surface area contributed by atoms with E-state index in [2.05, 4.69) is 27.9 Å². The second kappa shape index (κ2) is 10.0. The first-order valence-corrected chi connectivity index (χ1v) is 11.4. The Morgan fingerprint density at radius 1 is 1.06 bits per heavy atom. The Labute approximate surface area is 203 Å². The fourth-order valence-corrected chi connectivity index (χ4v) is 4.40. The van der Waals surface area contributed by atoms with Gasteiger partial charge in [0.05, 0.1) is 12.2 Å². The Bertz CT molecular complexity index is 1220. The summed E-state index contributed by atoms with van der Waals surface area (Å²) < 4.78 is 6.80. The van der Waals surface area contributed by atoms with Gasteiger partial charge in [-0.2, -0.15) is 5.10 Å². The van der Waals surface area contributed by atoms with Crippen LogP contribution in [0.25, 0.3) is 11.1 Å². The van der Waals surface area contributed by atoms with Gasteiger partial charge in [-0.3, -0.25) is 9.48 Å². The Morgan fingerprint density at radius 2 is 1.66 bits per heavy atom. The van der Waals surface area contributed by atoms with Crippen molar-refractivity contribution in [3.05, 3.63) is 77.1 Å². The number of aromatic carboxylic acids is 1. The number of nitrogens with one attached hydrogen (secondary N) is 2. The van der Waals surface area contributed by atoms with Crippen molar-refractivity contribution in [1.29, 1.82) is 0 Å². The van der Waals surface area contributed by atoms with Crippen molar-refractivity contribution in [3.63, 3.8) is 0 Å². The van der Waals surface area contributed by atoms with Crippen LogP contribution in [0.1, 0.15) is 47.1 Å². The summed E-state index contributed by atoms with van der Waals surface area (Å²) in [4.78, 5) is 36.6. The highest BCUT2D eigenvalue weighted by atomic mass is 16.5. The van der Waals surface area contributed by atoms with E-state index in [4.69, 9.17) is 9.84 Å². The first-order chi connectivity index (χ1) is 16.8. The number of hydrogen-bond donors (Lipinski definition) is 3. The highest BCUT2D eigenvalue weighted by molar-refractivity contribution is 5.87. The van der Waals surface area contributed by atoms with Gasteiger partial charge in [0.15, 0.2) is 0 Å². The van der Waals surface area contributed by atoms with E-state index in [0.717, 1.165) is 22.3 Å². The fraction of sp³-hybridized carbons (Fsp3) is 0.308. The third-order valence-electron chi connectivity index (χ3n) is 6.16. The largest absolute Gasteiger partial charge is 0.477 e. The number of alkyl carbamates (subject to hydrolysis) is 1. The van der Waals surface area contributed by atoms with Crippen LogP contribution in [0.15, 0.2) is 54.6 Å². The molecule has 1 heterocycles. The molecule has 0 bridgehead atoms. The van der Waals surface area contributed by atoms with Crippen molar-refractivity contribution in [2.45, 2.75) is 32.4 Å². The van der Waals surface area contributed by atoms with Gasteiger partial charge in [-0.15, -0.1) is 0 Å². The molecule has 3 aromatic rings. The number of amides is 2. The van der Waals surface area contributed by atoms with Gasteiger partial charge in [0.2, 0.25) is 5.91 Å². The standard InChI is InChI=1S/C26H28N4O5/c1-15(2)23(24(31)27-13-16-12-22(25(32)33)30(3)29-16)28-26(34)35-14-21-19-10-6-4-8-17(19)18-9-5-7-11-20(18)21/h4-12,15,21,23H,13-14H2,1-3H3,(H,27,31)(H,28,34)(H,32,33). The third kappa shape index (κ3) is 5.03. The summed E-state index contributed by atoms with van der Waals surface area (Å²) in [5.74, 6) is -1.79. The molecule has 9 nitrogen and oxygen atoms in total. The van der Waals surface area contributed by atoms with Crippen LogP contribution in [-0.2, 0) is 23.1 Å². The maximum Gasteiger partial charge on any atom is 0.407 e. The lowest BCUT2D eigenvalue weighted by Gasteiger charge is -2.22. The number of aromatic nitrogens is 2. The summed E-state index contributed by atoms with van der Waals surface area (Å²) in [7, 11) is 1.52. The maximum atomic E-state index is 12.8. The van der Waals surface area contributed by atoms with Crippen molar-refractivity contribution in [1.82, 2.24) is 20.4 Å². The number of carbonyl (C=O) groups excluding carboxylic acids is 2. The van der Waals surface area contributed by atoms with Crippen molar-refractivity contribution in [2.24, 2.45) is 13.0 Å². The molecular weight excluding hydrogens is 448 g/mol. The molecule has 9 heteroatoms. The number of carboxylic acids is 1. The van der Waals surface area contributed by atoms with Crippen LogP contribution in [0.5, 0.6) is 0 Å². The number of aryl methyl sites for hydroxylation is 1. The zero-order valence-electron chi connectivity index (χ0n) is 19.8. The Kier molecular flexibility index (Phi) is 6.86. The van der Waals surface area contributed by atoms with E-state index in [1.54, 1.807) is 0 Å². The zero-order chi connectivity index (χ0) is 25.1. The molecule has 1 aliphatic rings. The molecule has 0 saturated heterocycles. The van der Waals surface area contributed by atoms with Gasteiger partial charge in [-0.05, 0) is 34.2 Å². The smallest absolute Gasteiger partial charge is 0.407 e. The van der Waals surface area contributed by atoms with Gasteiger partial charge in [0.1, 0.15) is 18.3 Å². The van der Waals surface area contributed by atoms with Crippen LogP contribution in [0, 0.1) is 5.92 Å². The van der Waals surface area contributed by atoms with Gasteiger partial charge in [-0.25, -0.2) is 9.59 Å². The molecule has 2 aromatic carbocycles. The third-order valence-corrected chi connectivity index (χ3v) is 6.16. The van der Waals surface area contributed by atoms with Crippen molar-refractivity contribution >= 4 is 18.0 Å². The van der Waals surface area contributed by atoms with Crippen LogP contribution >= 0.6 is 0 Å². The summed E-state index contributed by atoms with van der Waals surface area (Å²) in [6.45, 7) is 3.82. The summed E-state index contributed by atoms with van der Waals surface area (Å²) >= 11 is 0. The van der Waals surface area contributed by atoms with E-state index >= 15 is 0 Å². The number of carboxylic acid groups (broad SMARTS) is 1. The molecule has 0 spiro atoms. The van der Waals surface area contributed by atoms with Crippen molar-refractivity contribution in [2.75, 3.05) is 6.61 Å². The van der Waals surface area contributed by atoms with E-state index < -0.39 is 24.0 Å². The SMILES string of the molecule is CC(C)C(NC(=O)OCC1c2ccccc2-c2ccccc21)C(=O)NCc1cc(C(=O)O)n(C)n1. The van der Waals surface area contributed by atoms with Crippen LogP contribution in [0.2, 0.25) is 0 Å². The molecule has 0 saturated carbocycles. The minimum absolute atomic E-state index is 0.0198. The number of carbonyl (C=O) groups is 3. The number of benzene rings is 2. The van der Waals surface area contributed by atoms with Crippen molar-refractivity contribution in [3.8, 4) is 11.1 Å². The second-order valence-electron chi connectivity index (χ2n) is 8.86. The first-order valence-electron chi connectivity index (χ1n) is 11.4. The molecule has 2 amide bonds. The first kappa shape index (κ1) is 24.0. The lowest BCUT2D eigenvalue weighted by Crippen LogP contribution is -2.49. The van der Waals surface area contributed by atoms with Gasteiger partial charge < -0.3 is 20.5 Å². The van der Waals surface area contributed by atoms with Crippen LogP contribution in [-0.4, -0.2) is 45.5 Å². The molecule has 1 atom stereocenters. The fourth-order valence-electron chi connectivity index (χ4n) is 4.40. The lowest BCUT2D eigenvalue weighted by atomic mass is 9.98. The van der Waals surface area contributed by atoms with E-state index in [9.17, 15) is 14.4 Å². The van der Waals surface area contributed by atoms with Gasteiger partial charge in [0, 0.05) is 13.0 Å². The monoisotopic (exact) mass is 476 g/mol. The minimum atomic E-state index is -1.10. The molecule has 0 aliphatic heterocycles. The van der Waals surface area contributed by atoms with Crippen LogP contribution in [0.3, 0.4) is 0 Å². The predicted octanol–water partition coefficient (Wildman–Crippen LogP) is 3.30. The average Bonchev–Trinajstić information content (AvgIpc) is 3.37.